The average molecular weight is 370 g/mol. The highest BCUT2D eigenvalue weighted by atomic mass is 16.2. The van der Waals surface area contributed by atoms with Gasteiger partial charge in [0.2, 0.25) is 5.91 Å². The predicted octanol–water partition coefficient (Wildman–Crippen LogP) is 4.11. The second-order valence-corrected chi connectivity index (χ2v) is 7.90. The molecule has 1 aliphatic heterocycles. The predicted molar refractivity (Wildman–Crippen MR) is 111 cm³/mol. The Bertz CT molecular complexity index is 1090. The third-order valence-corrected chi connectivity index (χ3v) is 5.85. The van der Waals surface area contributed by atoms with E-state index >= 15 is 0 Å². The number of amides is 2. The Morgan fingerprint density at radius 1 is 1.00 bits per heavy atom. The molecule has 1 N–H and O–H groups in total. The van der Waals surface area contributed by atoms with E-state index < -0.39 is 0 Å². The first-order chi connectivity index (χ1) is 13.6. The normalized spacial score (nSPS) is 23.7. The third-order valence-electron chi connectivity index (χ3n) is 5.85. The van der Waals surface area contributed by atoms with Crippen LogP contribution in [0.3, 0.4) is 0 Å². The summed E-state index contributed by atoms with van der Waals surface area (Å²) in [7, 11) is 0. The Hall–Kier alpha value is -3.14. The fraction of sp³-hybridized carbons (Fsp3) is 0.250. The molecule has 28 heavy (non-hydrogen) atoms. The number of benzene rings is 3. The lowest BCUT2D eigenvalue weighted by molar-refractivity contribution is -0.119. The molecule has 0 saturated heterocycles. The quantitative estimate of drug-likeness (QED) is 0.738. The maximum atomic E-state index is 13.4. The third kappa shape index (κ3) is 2.85. The van der Waals surface area contributed by atoms with Crippen molar-refractivity contribution in [1.82, 2.24) is 5.32 Å². The largest absolute Gasteiger partial charge is 0.348 e. The van der Waals surface area contributed by atoms with Gasteiger partial charge in [-0.05, 0) is 47.7 Å². The summed E-state index contributed by atoms with van der Waals surface area (Å²) in [5.41, 5.74) is 2.52. The molecule has 3 aromatic carbocycles. The van der Waals surface area contributed by atoms with E-state index in [2.05, 4.69) is 35.6 Å². The number of fused-ring (bicyclic) bond motifs is 2. The SMILES string of the molecule is CC1CN(C(=O)C2CC2c2ccc3ccccc3c2)c2ccccc2C(=O)N1. The van der Waals surface area contributed by atoms with Crippen molar-refractivity contribution in [1.29, 1.82) is 0 Å². The first-order valence-corrected chi connectivity index (χ1v) is 9.82. The number of nitrogens with one attached hydrogen (secondary N) is 1. The monoisotopic (exact) mass is 370 g/mol. The maximum absolute atomic E-state index is 13.4. The molecule has 3 aromatic rings. The van der Waals surface area contributed by atoms with Crippen LogP contribution >= 0.6 is 0 Å². The van der Waals surface area contributed by atoms with Crippen LogP contribution in [0.1, 0.15) is 35.2 Å². The van der Waals surface area contributed by atoms with Gasteiger partial charge in [0.1, 0.15) is 0 Å². The number of hydrogen-bond donors (Lipinski definition) is 1. The van der Waals surface area contributed by atoms with Gasteiger partial charge in [0.15, 0.2) is 0 Å². The zero-order valence-corrected chi connectivity index (χ0v) is 15.8. The van der Waals surface area contributed by atoms with E-state index in [1.807, 2.05) is 42.2 Å². The van der Waals surface area contributed by atoms with E-state index in [0.29, 0.717) is 12.1 Å². The van der Waals surface area contributed by atoms with Gasteiger partial charge < -0.3 is 10.2 Å². The second kappa shape index (κ2) is 6.48. The van der Waals surface area contributed by atoms with Crippen molar-refractivity contribution >= 4 is 28.3 Å². The number of anilines is 1. The van der Waals surface area contributed by atoms with Gasteiger partial charge in [0.05, 0.1) is 11.3 Å². The molecule has 5 rings (SSSR count). The van der Waals surface area contributed by atoms with E-state index in [1.54, 1.807) is 6.07 Å². The lowest BCUT2D eigenvalue weighted by atomic mass is 10.0. The molecule has 0 radical (unpaired) electrons. The van der Waals surface area contributed by atoms with E-state index in [9.17, 15) is 9.59 Å². The Morgan fingerprint density at radius 3 is 2.61 bits per heavy atom. The highest BCUT2D eigenvalue weighted by molar-refractivity contribution is 6.07. The van der Waals surface area contributed by atoms with Gasteiger partial charge in [-0.2, -0.15) is 0 Å². The van der Waals surface area contributed by atoms with Gasteiger partial charge in [0.25, 0.3) is 5.91 Å². The van der Waals surface area contributed by atoms with Crippen molar-refractivity contribution in [2.75, 3.05) is 11.4 Å². The second-order valence-electron chi connectivity index (χ2n) is 7.90. The highest BCUT2D eigenvalue weighted by Crippen LogP contribution is 2.49. The minimum absolute atomic E-state index is 0.0189. The Morgan fingerprint density at radius 2 is 1.75 bits per heavy atom. The summed E-state index contributed by atoms with van der Waals surface area (Å²) in [5.74, 6) is 0.246. The molecule has 3 unspecified atom stereocenters. The lowest BCUT2D eigenvalue weighted by Crippen LogP contribution is -2.41. The number of carbonyl (C=O) groups excluding carboxylic acids is 2. The molecule has 0 aromatic heterocycles. The molecule has 2 amide bonds. The molecule has 1 saturated carbocycles. The minimum atomic E-state index is -0.111. The van der Waals surface area contributed by atoms with E-state index in [4.69, 9.17) is 0 Å². The van der Waals surface area contributed by atoms with Gasteiger partial charge in [-0.3, -0.25) is 9.59 Å². The van der Waals surface area contributed by atoms with Crippen LogP contribution in [0.2, 0.25) is 0 Å². The zero-order valence-electron chi connectivity index (χ0n) is 15.8. The molecule has 1 fully saturated rings. The maximum Gasteiger partial charge on any atom is 0.253 e. The molecule has 1 aliphatic carbocycles. The molecule has 4 heteroatoms. The zero-order chi connectivity index (χ0) is 19.3. The summed E-state index contributed by atoms with van der Waals surface area (Å²) in [5, 5.41) is 5.40. The Labute approximate surface area is 164 Å². The van der Waals surface area contributed by atoms with Crippen molar-refractivity contribution < 1.29 is 9.59 Å². The van der Waals surface area contributed by atoms with Gasteiger partial charge in [-0.1, -0.05) is 54.6 Å². The van der Waals surface area contributed by atoms with Gasteiger partial charge in [0, 0.05) is 18.5 Å². The van der Waals surface area contributed by atoms with E-state index in [-0.39, 0.29) is 29.7 Å². The average Bonchev–Trinajstić information content (AvgIpc) is 3.52. The minimum Gasteiger partial charge on any atom is -0.348 e. The van der Waals surface area contributed by atoms with Crippen LogP contribution in [0.25, 0.3) is 10.8 Å². The van der Waals surface area contributed by atoms with Crippen LogP contribution in [0.5, 0.6) is 0 Å². The Kier molecular flexibility index (Phi) is 3.93. The van der Waals surface area contributed by atoms with Gasteiger partial charge in [-0.25, -0.2) is 0 Å². The van der Waals surface area contributed by atoms with Crippen molar-refractivity contribution in [2.24, 2.45) is 5.92 Å². The van der Waals surface area contributed by atoms with Crippen LogP contribution in [0.4, 0.5) is 5.69 Å². The van der Waals surface area contributed by atoms with Crippen LogP contribution in [0.15, 0.2) is 66.7 Å². The molecular formula is C24H22N2O2. The highest BCUT2D eigenvalue weighted by Gasteiger charge is 2.47. The first kappa shape index (κ1) is 17.0. The number of hydrogen-bond acceptors (Lipinski definition) is 2. The van der Waals surface area contributed by atoms with Crippen LogP contribution in [-0.4, -0.2) is 24.4 Å². The molecule has 140 valence electrons. The summed E-state index contributed by atoms with van der Waals surface area (Å²) >= 11 is 0. The summed E-state index contributed by atoms with van der Waals surface area (Å²) in [6, 6.07) is 22.1. The smallest absolute Gasteiger partial charge is 0.253 e. The lowest BCUT2D eigenvalue weighted by Gasteiger charge is -2.24. The summed E-state index contributed by atoms with van der Waals surface area (Å²) in [6.07, 6.45) is 0.867. The topological polar surface area (TPSA) is 49.4 Å². The van der Waals surface area contributed by atoms with Crippen molar-refractivity contribution in [3.63, 3.8) is 0 Å². The number of para-hydroxylation sites is 1. The van der Waals surface area contributed by atoms with Crippen molar-refractivity contribution in [3.05, 3.63) is 77.9 Å². The molecule has 0 spiro atoms. The van der Waals surface area contributed by atoms with Crippen LogP contribution < -0.4 is 10.2 Å². The molecule has 3 atom stereocenters. The molecule has 2 aliphatic rings. The molecular weight excluding hydrogens is 348 g/mol. The van der Waals surface area contributed by atoms with E-state index in [0.717, 1.165) is 12.1 Å². The molecule has 1 heterocycles. The van der Waals surface area contributed by atoms with Crippen LogP contribution in [-0.2, 0) is 4.79 Å². The number of nitrogens with zero attached hydrogens (tertiary/aromatic N) is 1. The van der Waals surface area contributed by atoms with Crippen molar-refractivity contribution in [3.8, 4) is 0 Å². The number of rotatable bonds is 2. The molecule has 4 nitrogen and oxygen atoms in total. The summed E-state index contributed by atoms with van der Waals surface area (Å²) in [4.78, 5) is 27.6. The van der Waals surface area contributed by atoms with E-state index in [1.165, 1.54) is 16.3 Å². The Balaban J connectivity index is 1.43. The fourth-order valence-electron chi connectivity index (χ4n) is 4.30. The van der Waals surface area contributed by atoms with Crippen LogP contribution in [0, 0.1) is 5.92 Å². The van der Waals surface area contributed by atoms with Crippen molar-refractivity contribution in [2.45, 2.75) is 25.3 Å². The molecule has 0 bridgehead atoms. The van der Waals surface area contributed by atoms with Gasteiger partial charge in [-0.15, -0.1) is 0 Å². The summed E-state index contributed by atoms with van der Waals surface area (Å²) < 4.78 is 0. The van der Waals surface area contributed by atoms with Gasteiger partial charge >= 0.3 is 0 Å². The fourth-order valence-corrected chi connectivity index (χ4v) is 4.30. The summed E-state index contributed by atoms with van der Waals surface area (Å²) in [6.45, 7) is 2.44. The standard InChI is InChI=1S/C24H22N2O2/c1-15-14-26(22-9-5-4-8-19(22)23(27)25-15)24(28)21-13-20(21)18-11-10-16-6-2-3-7-17(16)12-18/h2-12,15,20-21H,13-14H2,1H3,(H,25,27). The number of carbonyl (C=O) groups is 2. The first-order valence-electron chi connectivity index (χ1n) is 9.82.